The quantitative estimate of drug-likeness (QED) is 0.932. The fourth-order valence-corrected chi connectivity index (χ4v) is 3.44. The summed E-state index contributed by atoms with van der Waals surface area (Å²) in [6, 6.07) is 8.14. The van der Waals surface area contributed by atoms with Crippen LogP contribution in [-0.4, -0.2) is 28.9 Å². The van der Waals surface area contributed by atoms with Crippen molar-refractivity contribution in [3.05, 3.63) is 35.7 Å². The van der Waals surface area contributed by atoms with Gasteiger partial charge in [-0.15, -0.1) is 0 Å². The molecule has 2 aromatic rings. The maximum Gasteiger partial charge on any atom is 0.257 e. The topological polar surface area (TPSA) is 74.2 Å². The lowest BCUT2D eigenvalue weighted by atomic mass is 9.89. The molecule has 3 heterocycles. The first-order chi connectivity index (χ1) is 10.3. The summed E-state index contributed by atoms with van der Waals surface area (Å²) in [4.78, 5) is 4.59. The molecule has 3 atom stereocenters. The van der Waals surface area contributed by atoms with Crippen LogP contribution < -0.4 is 5.73 Å². The van der Waals surface area contributed by atoms with Gasteiger partial charge in [-0.1, -0.05) is 17.3 Å². The lowest BCUT2D eigenvalue weighted by Gasteiger charge is -2.13. The molecule has 0 radical (unpaired) electrons. The van der Waals surface area contributed by atoms with E-state index in [-0.39, 0.29) is 6.10 Å². The highest BCUT2D eigenvalue weighted by Crippen LogP contribution is 2.43. The molecule has 3 unspecified atom stereocenters. The van der Waals surface area contributed by atoms with E-state index in [1.165, 1.54) is 12.0 Å². The van der Waals surface area contributed by atoms with Gasteiger partial charge >= 0.3 is 0 Å². The maximum absolute atomic E-state index is 5.87. The van der Waals surface area contributed by atoms with Crippen LogP contribution in [0, 0.1) is 0 Å². The van der Waals surface area contributed by atoms with Crippen LogP contribution in [-0.2, 0) is 11.2 Å². The molecule has 1 aromatic carbocycles. The lowest BCUT2D eigenvalue weighted by molar-refractivity contribution is 0.0996. The highest BCUT2D eigenvalue weighted by Gasteiger charge is 2.43. The summed E-state index contributed by atoms with van der Waals surface area (Å²) in [5, 5.41) is 4.18. The highest BCUT2D eigenvalue weighted by molar-refractivity contribution is 5.54. The Morgan fingerprint density at radius 2 is 2.24 bits per heavy atom. The zero-order valence-corrected chi connectivity index (χ0v) is 11.9. The van der Waals surface area contributed by atoms with Crippen molar-refractivity contribution in [3.8, 4) is 11.5 Å². The van der Waals surface area contributed by atoms with Crippen molar-refractivity contribution in [2.24, 2.45) is 5.73 Å². The first-order valence-corrected chi connectivity index (χ1v) is 7.62. The Hall–Kier alpha value is -1.72. The second-order valence-corrected chi connectivity index (χ2v) is 5.91. The summed E-state index contributed by atoms with van der Waals surface area (Å²) >= 11 is 0. The van der Waals surface area contributed by atoms with Gasteiger partial charge in [-0.05, 0) is 49.9 Å². The lowest BCUT2D eigenvalue weighted by Crippen LogP contribution is -2.15. The Morgan fingerprint density at radius 3 is 3.00 bits per heavy atom. The van der Waals surface area contributed by atoms with Crippen molar-refractivity contribution < 1.29 is 9.26 Å². The Bertz CT molecular complexity index is 640. The van der Waals surface area contributed by atoms with Crippen LogP contribution in [0.1, 0.15) is 36.6 Å². The molecule has 110 valence electrons. The van der Waals surface area contributed by atoms with Gasteiger partial charge in [-0.2, -0.15) is 4.98 Å². The normalized spacial score (nSPS) is 27.4. The van der Waals surface area contributed by atoms with Gasteiger partial charge in [0.05, 0.1) is 18.1 Å². The van der Waals surface area contributed by atoms with Gasteiger partial charge < -0.3 is 15.0 Å². The zero-order valence-electron chi connectivity index (χ0n) is 11.9. The molecule has 4 rings (SSSR count). The summed E-state index contributed by atoms with van der Waals surface area (Å²) in [5.74, 6) is 1.68. The molecule has 0 amide bonds. The number of hydrogen-bond acceptors (Lipinski definition) is 5. The van der Waals surface area contributed by atoms with Crippen LogP contribution in [0.15, 0.2) is 28.8 Å². The largest absolute Gasteiger partial charge is 0.374 e. The Labute approximate surface area is 123 Å². The van der Waals surface area contributed by atoms with Gasteiger partial charge in [-0.25, -0.2) is 0 Å². The molecule has 0 saturated carbocycles. The minimum atomic E-state index is 0.282. The molecule has 2 fully saturated rings. The summed E-state index contributed by atoms with van der Waals surface area (Å²) in [6.07, 6.45) is 4.85. The number of nitrogens with two attached hydrogens (primary N) is 1. The minimum Gasteiger partial charge on any atom is -0.374 e. The van der Waals surface area contributed by atoms with Crippen LogP contribution in [0.3, 0.4) is 0 Å². The van der Waals surface area contributed by atoms with E-state index in [0.717, 1.165) is 30.7 Å². The van der Waals surface area contributed by atoms with Gasteiger partial charge in [-0.3, -0.25) is 0 Å². The molecular weight excluding hydrogens is 266 g/mol. The van der Waals surface area contributed by atoms with Crippen molar-refractivity contribution in [1.29, 1.82) is 0 Å². The monoisotopic (exact) mass is 285 g/mol. The summed E-state index contributed by atoms with van der Waals surface area (Å²) in [5.41, 5.74) is 7.76. The SMILES string of the molecule is NCCc1cccc(-c2nc(C3CC4CCC3O4)no2)c1. The van der Waals surface area contributed by atoms with E-state index in [9.17, 15) is 0 Å². The number of benzene rings is 1. The number of hydrogen-bond donors (Lipinski definition) is 1. The summed E-state index contributed by atoms with van der Waals surface area (Å²) < 4.78 is 11.3. The molecule has 2 aliphatic rings. The maximum atomic E-state index is 5.87. The molecule has 2 N–H and O–H groups in total. The zero-order chi connectivity index (χ0) is 14.2. The number of aromatic nitrogens is 2. The van der Waals surface area contributed by atoms with Crippen LogP contribution in [0.2, 0.25) is 0 Å². The molecule has 0 spiro atoms. The van der Waals surface area contributed by atoms with Crippen molar-refractivity contribution in [2.45, 2.75) is 43.8 Å². The Kier molecular flexibility index (Phi) is 3.24. The molecule has 2 bridgehead atoms. The average molecular weight is 285 g/mol. The van der Waals surface area contributed by atoms with E-state index in [4.69, 9.17) is 15.0 Å². The van der Waals surface area contributed by atoms with Crippen LogP contribution in [0.4, 0.5) is 0 Å². The van der Waals surface area contributed by atoms with E-state index >= 15 is 0 Å². The second kappa shape index (κ2) is 5.24. The first kappa shape index (κ1) is 13.0. The minimum absolute atomic E-state index is 0.282. The highest BCUT2D eigenvalue weighted by atomic mass is 16.5. The molecule has 21 heavy (non-hydrogen) atoms. The smallest absolute Gasteiger partial charge is 0.257 e. The number of rotatable bonds is 4. The van der Waals surface area contributed by atoms with Crippen LogP contribution in [0.5, 0.6) is 0 Å². The van der Waals surface area contributed by atoms with Gasteiger partial charge in [0.25, 0.3) is 5.89 Å². The van der Waals surface area contributed by atoms with Gasteiger partial charge in [0.15, 0.2) is 5.82 Å². The van der Waals surface area contributed by atoms with E-state index in [1.807, 2.05) is 12.1 Å². The van der Waals surface area contributed by atoms with Crippen molar-refractivity contribution in [1.82, 2.24) is 10.1 Å². The predicted molar refractivity (Wildman–Crippen MR) is 77.7 cm³/mol. The van der Waals surface area contributed by atoms with Crippen LogP contribution >= 0.6 is 0 Å². The molecular formula is C16H19N3O2. The van der Waals surface area contributed by atoms with E-state index < -0.39 is 0 Å². The van der Waals surface area contributed by atoms with Crippen molar-refractivity contribution in [3.63, 3.8) is 0 Å². The van der Waals surface area contributed by atoms with Gasteiger partial charge in [0.1, 0.15) is 0 Å². The van der Waals surface area contributed by atoms with Gasteiger partial charge in [0, 0.05) is 5.56 Å². The standard InChI is InChI=1S/C16H19N3O2/c17-7-6-10-2-1-3-11(8-10)16-18-15(19-21-16)13-9-12-4-5-14(13)20-12/h1-3,8,12-14H,4-7,9,17H2. The average Bonchev–Trinajstić information content (AvgIpc) is 3.24. The summed E-state index contributed by atoms with van der Waals surface area (Å²) in [7, 11) is 0. The molecule has 5 nitrogen and oxygen atoms in total. The number of nitrogens with zero attached hydrogens (tertiary/aromatic N) is 2. The number of fused-ring (bicyclic) bond motifs is 2. The Morgan fingerprint density at radius 1 is 1.29 bits per heavy atom. The van der Waals surface area contributed by atoms with Crippen molar-refractivity contribution in [2.75, 3.05) is 6.54 Å². The van der Waals surface area contributed by atoms with Crippen molar-refractivity contribution >= 4 is 0 Å². The molecule has 5 heteroatoms. The van der Waals surface area contributed by atoms with E-state index in [1.54, 1.807) is 0 Å². The summed E-state index contributed by atoms with van der Waals surface area (Å²) in [6.45, 7) is 0.640. The third-order valence-corrected chi connectivity index (χ3v) is 4.49. The second-order valence-electron chi connectivity index (χ2n) is 5.91. The fraction of sp³-hybridized carbons (Fsp3) is 0.500. The van der Waals surface area contributed by atoms with E-state index in [0.29, 0.717) is 24.5 Å². The third-order valence-electron chi connectivity index (χ3n) is 4.49. The van der Waals surface area contributed by atoms with E-state index in [2.05, 4.69) is 22.3 Å². The Balaban J connectivity index is 1.58. The van der Waals surface area contributed by atoms with Gasteiger partial charge in [0.2, 0.25) is 0 Å². The van der Waals surface area contributed by atoms with Crippen LogP contribution in [0.25, 0.3) is 11.5 Å². The predicted octanol–water partition coefficient (Wildman–Crippen LogP) is 2.27. The molecule has 0 aliphatic carbocycles. The number of ether oxygens (including phenoxy) is 1. The molecule has 2 aliphatic heterocycles. The first-order valence-electron chi connectivity index (χ1n) is 7.62. The molecule has 2 saturated heterocycles. The fourth-order valence-electron chi connectivity index (χ4n) is 3.44. The third kappa shape index (κ3) is 2.36. The molecule has 1 aromatic heterocycles.